The Bertz CT molecular complexity index is 2030. The van der Waals surface area contributed by atoms with Crippen LogP contribution in [0.4, 0.5) is 11.4 Å². The van der Waals surface area contributed by atoms with E-state index in [2.05, 4.69) is 44.5 Å². The number of hydrogen-bond donors (Lipinski definition) is 2. The van der Waals surface area contributed by atoms with Crippen LogP contribution in [0.1, 0.15) is 105 Å². The van der Waals surface area contributed by atoms with Gasteiger partial charge in [0.1, 0.15) is 6.04 Å². The summed E-state index contributed by atoms with van der Waals surface area (Å²) in [6, 6.07) is 19.7. The van der Waals surface area contributed by atoms with Crippen LogP contribution in [0.25, 0.3) is 0 Å². The molecule has 8 rings (SSSR count). The zero-order chi connectivity index (χ0) is 37.7. The van der Waals surface area contributed by atoms with Crippen LogP contribution < -0.4 is 20.4 Å². The summed E-state index contributed by atoms with van der Waals surface area (Å²) in [5.41, 5.74) is 7.33. The van der Waals surface area contributed by atoms with Crippen LogP contribution >= 0.6 is 0 Å². The van der Waals surface area contributed by atoms with Crippen LogP contribution in [-0.2, 0) is 22.7 Å². The van der Waals surface area contributed by atoms with Gasteiger partial charge in [0.2, 0.25) is 11.8 Å². The smallest absolute Gasteiger partial charge is 0.262 e. The Balaban J connectivity index is 0.806. The summed E-state index contributed by atoms with van der Waals surface area (Å²) < 4.78 is 0. The maximum absolute atomic E-state index is 13.3. The third kappa shape index (κ3) is 6.62. The molecule has 1 saturated carbocycles. The molecule has 12 nitrogen and oxygen atoms in total. The Morgan fingerprint density at radius 2 is 1.50 bits per heavy atom. The van der Waals surface area contributed by atoms with E-state index in [0.717, 1.165) is 84.6 Å². The van der Waals surface area contributed by atoms with E-state index in [0.29, 0.717) is 47.4 Å². The second-order valence-corrected chi connectivity index (χ2v) is 15.5. The Kier molecular flexibility index (Phi) is 9.44. The van der Waals surface area contributed by atoms with E-state index >= 15 is 0 Å². The molecule has 0 spiro atoms. The standard InChI is InChI=1S/C42H45N7O5/c1-25-19-34(10-5-27(25)22-43)46(2)31-11-6-30(7-12-31)44-39(51)26-3-8-32(9-4-26)47-17-15-33(16-18-47)48-23-28-20-35-36(21-29(28)24-48)42(54)49(41(35)53)37-13-14-38(50)45-40(37)52/h3-5,8-10,19-21,30-31,33,37H,6-7,11-18,23-24H2,1-2H3,(H,44,51)(H,45,50,52)/t30-,31-,37-/m1/s1. The molecule has 0 bridgehead atoms. The molecular formula is C42H45N7O5. The van der Waals surface area contributed by atoms with E-state index in [4.69, 9.17) is 0 Å². The van der Waals surface area contributed by atoms with E-state index in [1.165, 1.54) is 0 Å². The minimum atomic E-state index is -0.962. The molecule has 4 aliphatic heterocycles. The second-order valence-electron chi connectivity index (χ2n) is 15.5. The van der Waals surface area contributed by atoms with Crippen molar-refractivity contribution in [1.82, 2.24) is 20.4 Å². The Morgan fingerprint density at radius 1 is 0.852 bits per heavy atom. The average molecular weight is 728 g/mol. The summed E-state index contributed by atoms with van der Waals surface area (Å²) in [6.45, 7) is 5.14. The van der Waals surface area contributed by atoms with E-state index in [-0.39, 0.29) is 30.7 Å². The third-order valence-electron chi connectivity index (χ3n) is 12.3. The fourth-order valence-electron chi connectivity index (χ4n) is 9.05. The fraction of sp³-hybridized carbons (Fsp3) is 0.429. The number of nitriles is 1. The summed E-state index contributed by atoms with van der Waals surface area (Å²) in [7, 11) is 2.11. The normalized spacial score (nSPS) is 23.2. The van der Waals surface area contributed by atoms with E-state index in [9.17, 15) is 29.2 Å². The molecule has 3 aromatic rings. The van der Waals surface area contributed by atoms with E-state index < -0.39 is 23.8 Å². The molecule has 5 aliphatic rings. The summed E-state index contributed by atoms with van der Waals surface area (Å²) >= 11 is 0. The first-order valence-electron chi connectivity index (χ1n) is 19.1. The Hall–Kier alpha value is -5.54. The van der Waals surface area contributed by atoms with Crippen LogP contribution in [0.5, 0.6) is 0 Å². The minimum absolute atomic E-state index is 0.0357. The number of nitrogens with one attached hydrogen (secondary N) is 2. The molecule has 12 heteroatoms. The number of anilines is 2. The quantitative estimate of drug-likeness (QED) is 0.338. The number of rotatable bonds is 7. The van der Waals surface area contributed by atoms with Crippen molar-refractivity contribution in [3.63, 3.8) is 0 Å². The van der Waals surface area contributed by atoms with Crippen molar-refractivity contribution in [2.24, 2.45) is 0 Å². The molecule has 2 saturated heterocycles. The zero-order valence-electron chi connectivity index (χ0n) is 30.8. The van der Waals surface area contributed by atoms with Gasteiger partial charge in [-0.2, -0.15) is 5.26 Å². The predicted octanol–water partition coefficient (Wildman–Crippen LogP) is 4.43. The van der Waals surface area contributed by atoms with Gasteiger partial charge in [0.15, 0.2) is 0 Å². The molecule has 2 N–H and O–H groups in total. The number of imide groups is 2. The van der Waals surface area contributed by atoms with Crippen molar-refractivity contribution in [2.45, 2.75) is 95.5 Å². The van der Waals surface area contributed by atoms with Crippen LogP contribution in [0.3, 0.4) is 0 Å². The molecule has 0 radical (unpaired) electrons. The molecule has 0 aromatic heterocycles. The summed E-state index contributed by atoms with van der Waals surface area (Å²) in [6.07, 6.45) is 6.02. The predicted molar refractivity (Wildman–Crippen MR) is 202 cm³/mol. The van der Waals surface area contributed by atoms with Gasteiger partial charge < -0.3 is 15.1 Å². The monoisotopic (exact) mass is 727 g/mol. The number of hydrogen-bond acceptors (Lipinski definition) is 9. The lowest BCUT2D eigenvalue weighted by Crippen LogP contribution is -2.54. The van der Waals surface area contributed by atoms with Crippen molar-refractivity contribution in [2.75, 3.05) is 29.9 Å². The largest absolute Gasteiger partial charge is 0.372 e. The fourth-order valence-corrected chi connectivity index (χ4v) is 9.05. The molecule has 1 aliphatic carbocycles. The maximum Gasteiger partial charge on any atom is 0.262 e. The summed E-state index contributed by atoms with van der Waals surface area (Å²) in [5, 5.41) is 14.8. The Morgan fingerprint density at radius 3 is 2.09 bits per heavy atom. The average Bonchev–Trinajstić information content (AvgIpc) is 3.71. The van der Waals surface area contributed by atoms with E-state index in [1.807, 2.05) is 55.5 Å². The number of nitrogens with zero attached hydrogens (tertiary/aromatic N) is 5. The minimum Gasteiger partial charge on any atom is -0.372 e. The molecule has 278 valence electrons. The number of fused-ring (bicyclic) bond motifs is 2. The van der Waals surface area contributed by atoms with Crippen molar-refractivity contribution in [3.05, 3.63) is 93.5 Å². The van der Waals surface area contributed by atoms with Gasteiger partial charge >= 0.3 is 0 Å². The number of carbonyl (C=O) groups is 5. The topological polar surface area (TPSA) is 146 Å². The first kappa shape index (κ1) is 35.5. The maximum atomic E-state index is 13.3. The highest BCUT2D eigenvalue weighted by molar-refractivity contribution is 6.23. The molecule has 54 heavy (non-hydrogen) atoms. The molecule has 0 unspecified atom stereocenters. The lowest BCUT2D eigenvalue weighted by Gasteiger charge is -2.38. The van der Waals surface area contributed by atoms with Crippen LogP contribution in [0.15, 0.2) is 54.6 Å². The van der Waals surface area contributed by atoms with Gasteiger partial charge in [-0.1, -0.05) is 0 Å². The van der Waals surface area contributed by atoms with Gasteiger partial charge in [-0.15, -0.1) is 0 Å². The molecule has 4 heterocycles. The lowest BCUT2D eigenvalue weighted by molar-refractivity contribution is -0.136. The SMILES string of the molecule is Cc1cc(N(C)[C@H]2CC[C@H](NC(=O)c3ccc(N4CCC(N5Cc6cc7c(cc6C5)C(=O)N([C@@H]5CCC(=O)NC5=O)C7=O)CC4)cc3)CC2)ccc1C#N. The summed E-state index contributed by atoms with van der Waals surface area (Å²) in [4.78, 5) is 72.0. The first-order valence-corrected chi connectivity index (χ1v) is 19.1. The molecular weight excluding hydrogens is 683 g/mol. The highest BCUT2D eigenvalue weighted by Gasteiger charge is 2.45. The summed E-state index contributed by atoms with van der Waals surface area (Å²) in [5.74, 6) is -1.96. The van der Waals surface area contributed by atoms with Crippen molar-refractivity contribution in [1.29, 1.82) is 5.26 Å². The third-order valence-corrected chi connectivity index (χ3v) is 12.3. The van der Waals surface area contributed by atoms with Gasteiger partial charge in [0.25, 0.3) is 17.7 Å². The Labute approximate surface area is 315 Å². The number of benzene rings is 3. The number of piperidine rings is 2. The molecule has 1 atom stereocenters. The zero-order valence-corrected chi connectivity index (χ0v) is 30.8. The highest BCUT2D eigenvalue weighted by atomic mass is 16.2. The number of carbonyl (C=O) groups excluding carboxylic acids is 5. The highest BCUT2D eigenvalue weighted by Crippen LogP contribution is 2.36. The number of amides is 5. The first-order chi connectivity index (χ1) is 26.1. The van der Waals surface area contributed by atoms with Gasteiger partial charge in [-0.05, 0) is 123 Å². The molecule has 3 aromatic carbocycles. The van der Waals surface area contributed by atoms with E-state index in [1.54, 1.807) is 0 Å². The second kappa shape index (κ2) is 14.4. The van der Waals surface area contributed by atoms with Gasteiger partial charge in [-0.3, -0.25) is 39.1 Å². The molecule has 5 amide bonds. The molecule has 3 fully saturated rings. The van der Waals surface area contributed by atoms with Crippen molar-refractivity contribution >= 4 is 40.9 Å². The lowest BCUT2D eigenvalue weighted by atomic mass is 9.89. The van der Waals surface area contributed by atoms with Crippen LogP contribution in [0.2, 0.25) is 0 Å². The van der Waals surface area contributed by atoms with Gasteiger partial charge in [-0.25, -0.2) is 0 Å². The van der Waals surface area contributed by atoms with Gasteiger partial charge in [0, 0.05) is 74.7 Å². The van der Waals surface area contributed by atoms with Crippen LogP contribution in [0, 0.1) is 18.3 Å². The van der Waals surface area contributed by atoms with Gasteiger partial charge in [0.05, 0.1) is 22.8 Å². The van der Waals surface area contributed by atoms with Crippen molar-refractivity contribution < 1.29 is 24.0 Å². The van der Waals surface area contributed by atoms with Crippen molar-refractivity contribution in [3.8, 4) is 6.07 Å². The van der Waals surface area contributed by atoms with Crippen LogP contribution in [-0.4, -0.2) is 83.6 Å². The number of aryl methyl sites for hydroxylation is 1.